The topological polar surface area (TPSA) is 55.8 Å². The summed E-state index contributed by atoms with van der Waals surface area (Å²) in [6, 6.07) is 0. The monoisotopic (exact) mass is 344 g/mol. The van der Waals surface area contributed by atoms with E-state index in [2.05, 4.69) is 40.8 Å². The van der Waals surface area contributed by atoms with Crippen LogP contribution in [0, 0.1) is 11.3 Å². The number of aliphatic hydroxyl groups excluding tert-OH is 1. The van der Waals surface area contributed by atoms with Crippen LogP contribution in [0.2, 0.25) is 18.1 Å². The number of hydrogen-bond acceptors (Lipinski definition) is 4. The van der Waals surface area contributed by atoms with Gasteiger partial charge in [0.05, 0.1) is 13.5 Å². The van der Waals surface area contributed by atoms with E-state index in [1.54, 1.807) is 0 Å². The van der Waals surface area contributed by atoms with Gasteiger partial charge >= 0.3 is 5.97 Å². The number of esters is 1. The molecule has 0 unspecified atom stereocenters. The average Bonchev–Trinajstić information content (AvgIpc) is 2.41. The Balaban J connectivity index is 3.04. The fourth-order valence-corrected chi connectivity index (χ4v) is 4.84. The number of hydrogen-bond donors (Lipinski definition) is 1. The lowest BCUT2D eigenvalue weighted by molar-refractivity contribution is -0.146. The molecule has 5 heteroatoms. The van der Waals surface area contributed by atoms with Crippen molar-refractivity contribution in [1.29, 1.82) is 0 Å². The number of rotatable bonds is 6. The molecule has 3 atom stereocenters. The fraction of sp³-hybridized carbons (Fsp3) is 0.944. The summed E-state index contributed by atoms with van der Waals surface area (Å²) in [6.07, 6.45) is 4.30. The molecule has 0 radical (unpaired) electrons. The molecule has 1 aliphatic rings. The second kappa shape index (κ2) is 7.66. The maximum absolute atomic E-state index is 12.0. The second-order valence-electron chi connectivity index (χ2n) is 8.82. The quantitative estimate of drug-likeness (QED) is 0.581. The Kier molecular flexibility index (Phi) is 6.88. The van der Waals surface area contributed by atoms with E-state index in [0.717, 1.165) is 19.3 Å². The van der Waals surface area contributed by atoms with Gasteiger partial charge in [0, 0.05) is 12.7 Å². The third-order valence-corrected chi connectivity index (χ3v) is 10.6. The lowest BCUT2D eigenvalue weighted by Gasteiger charge is -2.49. The van der Waals surface area contributed by atoms with Crippen molar-refractivity contribution in [3.05, 3.63) is 0 Å². The van der Waals surface area contributed by atoms with Crippen LogP contribution < -0.4 is 0 Å². The lowest BCUT2D eigenvalue weighted by atomic mass is 9.63. The third-order valence-electron chi connectivity index (χ3n) is 6.13. The lowest BCUT2D eigenvalue weighted by Crippen LogP contribution is -2.51. The highest BCUT2D eigenvalue weighted by Gasteiger charge is 2.47. The first-order chi connectivity index (χ1) is 10.5. The maximum atomic E-state index is 12.0. The number of carbonyl (C=O) groups excluding carboxylic acids is 1. The molecule has 136 valence electrons. The molecule has 0 spiro atoms. The first-order valence-electron chi connectivity index (χ1n) is 8.82. The van der Waals surface area contributed by atoms with Crippen molar-refractivity contribution in [1.82, 2.24) is 0 Å². The highest BCUT2D eigenvalue weighted by atomic mass is 28.4. The van der Waals surface area contributed by atoms with Gasteiger partial charge in [-0.1, -0.05) is 34.1 Å². The van der Waals surface area contributed by atoms with Crippen molar-refractivity contribution >= 4 is 14.3 Å². The summed E-state index contributed by atoms with van der Waals surface area (Å²) in [7, 11) is -0.453. The molecular formula is C18H36O4Si. The number of ether oxygens (including phenoxy) is 1. The summed E-state index contributed by atoms with van der Waals surface area (Å²) in [5, 5.41) is 9.64. The molecule has 0 saturated heterocycles. The molecule has 1 N–H and O–H groups in total. The van der Waals surface area contributed by atoms with Gasteiger partial charge in [0.25, 0.3) is 0 Å². The van der Waals surface area contributed by atoms with E-state index in [-0.39, 0.29) is 35.1 Å². The minimum Gasteiger partial charge on any atom is -0.469 e. The van der Waals surface area contributed by atoms with Gasteiger partial charge in [-0.05, 0) is 48.7 Å². The van der Waals surface area contributed by atoms with Crippen LogP contribution in [0.1, 0.15) is 59.8 Å². The van der Waals surface area contributed by atoms with Crippen LogP contribution in [0.5, 0.6) is 0 Å². The Morgan fingerprint density at radius 2 is 1.96 bits per heavy atom. The summed E-state index contributed by atoms with van der Waals surface area (Å²) in [5.74, 6) is -0.0603. The summed E-state index contributed by atoms with van der Waals surface area (Å²) in [6.45, 7) is 13.6. The zero-order chi connectivity index (χ0) is 17.9. The summed E-state index contributed by atoms with van der Waals surface area (Å²) < 4.78 is 11.6. The molecule has 1 rings (SSSR count). The first kappa shape index (κ1) is 20.7. The predicted molar refractivity (Wildman–Crippen MR) is 95.9 cm³/mol. The van der Waals surface area contributed by atoms with E-state index in [4.69, 9.17) is 9.16 Å². The van der Waals surface area contributed by atoms with Gasteiger partial charge in [-0.15, -0.1) is 0 Å². The van der Waals surface area contributed by atoms with Gasteiger partial charge in [0.1, 0.15) is 0 Å². The molecular weight excluding hydrogens is 308 g/mol. The maximum Gasteiger partial charge on any atom is 0.305 e. The van der Waals surface area contributed by atoms with Crippen LogP contribution in [0.3, 0.4) is 0 Å². The van der Waals surface area contributed by atoms with Crippen LogP contribution in [0.25, 0.3) is 0 Å². The van der Waals surface area contributed by atoms with E-state index in [1.807, 2.05) is 0 Å². The molecule has 0 bridgehead atoms. The normalized spacial score (nSPS) is 29.4. The number of methoxy groups -OCH3 is 1. The van der Waals surface area contributed by atoms with Crippen molar-refractivity contribution in [2.75, 3.05) is 13.7 Å². The fourth-order valence-electron chi connectivity index (χ4n) is 3.45. The summed E-state index contributed by atoms with van der Waals surface area (Å²) >= 11 is 0. The largest absolute Gasteiger partial charge is 0.469 e. The van der Waals surface area contributed by atoms with Crippen molar-refractivity contribution in [3.8, 4) is 0 Å². The van der Waals surface area contributed by atoms with Crippen molar-refractivity contribution < 1.29 is 19.1 Å². The van der Waals surface area contributed by atoms with Crippen LogP contribution in [-0.4, -0.2) is 39.2 Å². The molecule has 23 heavy (non-hydrogen) atoms. The number of aliphatic hydroxyl groups is 1. The smallest absolute Gasteiger partial charge is 0.305 e. The van der Waals surface area contributed by atoms with Gasteiger partial charge in [-0.2, -0.15) is 0 Å². The molecule has 0 aromatic heterocycles. The highest BCUT2D eigenvalue weighted by Crippen LogP contribution is 2.49. The Morgan fingerprint density at radius 3 is 2.43 bits per heavy atom. The minimum atomic E-state index is -1.90. The van der Waals surface area contributed by atoms with Crippen LogP contribution >= 0.6 is 0 Å². The Morgan fingerprint density at radius 1 is 1.35 bits per heavy atom. The SMILES string of the molecule is COC(=O)C[C@@H]1[C@H](O[Si](C)(C)C(C)(C)C)CCC[C@@]1(C)CCO. The molecule has 1 fully saturated rings. The third kappa shape index (κ3) is 5.04. The molecule has 4 nitrogen and oxygen atoms in total. The van der Waals surface area contributed by atoms with Gasteiger partial charge in [-0.3, -0.25) is 4.79 Å². The van der Waals surface area contributed by atoms with Gasteiger partial charge in [0.2, 0.25) is 0 Å². The van der Waals surface area contributed by atoms with Crippen molar-refractivity contribution in [3.63, 3.8) is 0 Å². The molecule has 0 heterocycles. The highest BCUT2D eigenvalue weighted by molar-refractivity contribution is 6.74. The van der Waals surface area contributed by atoms with E-state index >= 15 is 0 Å². The standard InChI is InChI=1S/C18H36O4Si/c1-17(2,3)23(6,7)22-15-9-8-10-18(4,11-12-19)14(15)13-16(20)21-5/h14-15,19H,8-13H2,1-7H3/t14-,15-,18+/m1/s1. The first-order valence-corrected chi connectivity index (χ1v) is 11.7. The molecule has 1 aliphatic carbocycles. The van der Waals surface area contributed by atoms with Crippen molar-refractivity contribution in [2.24, 2.45) is 11.3 Å². The van der Waals surface area contributed by atoms with E-state index in [1.165, 1.54) is 7.11 Å². The summed E-state index contributed by atoms with van der Waals surface area (Å²) in [4.78, 5) is 12.0. The Bertz CT molecular complexity index is 398. The molecule has 0 aliphatic heterocycles. The van der Waals surface area contributed by atoms with Gasteiger partial charge in [0.15, 0.2) is 8.32 Å². The Hall–Kier alpha value is -0.393. The van der Waals surface area contributed by atoms with Gasteiger partial charge in [-0.25, -0.2) is 0 Å². The molecule has 1 saturated carbocycles. The molecule has 0 aromatic carbocycles. The summed E-state index contributed by atoms with van der Waals surface area (Å²) in [5.41, 5.74) is -0.0613. The average molecular weight is 345 g/mol. The van der Waals surface area contributed by atoms with Crippen molar-refractivity contribution in [2.45, 2.75) is 84.0 Å². The zero-order valence-electron chi connectivity index (χ0n) is 16.1. The van der Waals surface area contributed by atoms with E-state index in [0.29, 0.717) is 12.8 Å². The Labute approximate surface area is 143 Å². The molecule has 0 aromatic rings. The van der Waals surface area contributed by atoms with Crippen LogP contribution in [0.15, 0.2) is 0 Å². The van der Waals surface area contributed by atoms with Gasteiger partial charge < -0.3 is 14.3 Å². The second-order valence-corrected chi connectivity index (χ2v) is 13.6. The predicted octanol–water partition coefficient (Wildman–Crippen LogP) is 4.13. The van der Waals surface area contributed by atoms with E-state index < -0.39 is 8.32 Å². The van der Waals surface area contributed by atoms with Crippen LogP contribution in [0.4, 0.5) is 0 Å². The minimum absolute atomic E-state index is 0.0613. The zero-order valence-corrected chi connectivity index (χ0v) is 17.1. The van der Waals surface area contributed by atoms with Crippen LogP contribution in [-0.2, 0) is 14.0 Å². The van der Waals surface area contributed by atoms with E-state index in [9.17, 15) is 9.90 Å². The number of carbonyl (C=O) groups is 1. The molecule has 0 amide bonds.